The summed E-state index contributed by atoms with van der Waals surface area (Å²) < 4.78 is 0. The van der Waals surface area contributed by atoms with E-state index >= 15 is 0 Å². The molecule has 11 heavy (non-hydrogen) atoms. The van der Waals surface area contributed by atoms with Gasteiger partial charge in [0.15, 0.2) is 0 Å². The molecule has 0 bridgehead atoms. The van der Waals surface area contributed by atoms with E-state index in [0.717, 1.165) is 6.42 Å². The van der Waals surface area contributed by atoms with E-state index in [1.807, 2.05) is 18.2 Å². The second-order valence-corrected chi connectivity index (χ2v) is 2.78. The molecule has 1 aliphatic carbocycles. The molecule has 0 fully saturated rings. The predicted molar refractivity (Wildman–Crippen MR) is 47.9 cm³/mol. The minimum Gasteiger partial charge on any atom is -0.397 e. The molecule has 0 amide bonds. The largest absolute Gasteiger partial charge is 0.397 e. The second kappa shape index (κ2) is 2.02. The van der Waals surface area contributed by atoms with E-state index in [-0.39, 0.29) is 0 Å². The van der Waals surface area contributed by atoms with Crippen molar-refractivity contribution in [2.24, 2.45) is 0 Å². The average molecular weight is 146 g/mol. The van der Waals surface area contributed by atoms with Crippen molar-refractivity contribution >= 4 is 16.9 Å². The molecule has 0 heterocycles. The number of anilines is 2. The fourth-order valence-corrected chi connectivity index (χ4v) is 1.06. The highest BCUT2D eigenvalue weighted by Crippen LogP contribution is 2.32. The summed E-state index contributed by atoms with van der Waals surface area (Å²) in [4.78, 5) is 0. The number of benzene rings is 1. The molecule has 0 saturated heterocycles. The van der Waals surface area contributed by atoms with E-state index in [2.05, 4.69) is 6.08 Å². The van der Waals surface area contributed by atoms with Gasteiger partial charge in [-0.1, -0.05) is 12.1 Å². The second-order valence-electron chi connectivity index (χ2n) is 2.78. The van der Waals surface area contributed by atoms with Crippen molar-refractivity contribution in [3.63, 3.8) is 0 Å². The van der Waals surface area contributed by atoms with Gasteiger partial charge in [-0.2, -0.15) is 0 Å². The predicted octanol–water partition coefficient (Wildman–Crippen LogP) is 1.64. The van der Waals surface area contributed by atoms with Crippen LogP contribution in [-0.4, -0.2) is 0 Å². The molecule has 56 valence electrons. The van der Waals surface area contributed by atoms with Gasteiger partial charge in [-0.05, 0) is 29.7 Å². The van der Waals surface area contributed by atoms with Crippen LogP contribution in [0, 0.1) is 0 Å². The van der Waals surface area contributed by atoms with Gasteiger partial charge >= 0.3 is 0 Å². The van der Waals surface area contributed by atoms with E-state index < -0.39 is 0 Å². The summed E-state index contributed by atoms with van der Waals surface area (Å²) in [5.74, 6) is 0. The summed E-state index contributed by atoms with van der Waals surface area (Å²) >= 11 is 0. The Labute approximate surface area is 65.5 Å². The number of nitrogens with two attached hydrogens (primary N) is 2. The molecule has 0 unspecified atom stereocenters. The number of hydrogen-bond donors (Lipinski definition) is 2. The van der Waals surface area contributed by atoms with Crippen molar-refractivity contribution in [1.29, 1.82) is 0 Å². The highest BCUT2D eigenvalue weighted by molar-refractivity contribution is 5.81. The number of hydrogen-bond acceptors (Lipinski definition) is 2. The van der Waals surface area contributed by atoms with Gasteiger partial charge in [-0.25, -0.2) is 0 Å². The average Bonchev–Trinajstić information content (AvgIpc) is 2.77. The van der Waals surface area contributed by atoms with Crippen LogP contribution in [0.25, 0.3) is 5.57 Å². The lowest BCUT2D eigenvalue weighted by Gasteiger charge is -2.00. The zero-order valence-corrected chi connectivity index (χ0v) is 6.17. The summed E-state index contributed by atoms with van der Waals surface area (Å²) in [5, 5.41) is 0. The molecule has 2 rings (SSSR count). The normalized spacial score (nSPS) is 14.4. The van der Waals surface area contributed by atoms with Crippen molar-refractivity contribution in [3.05, 3.63) is 29.8 Å². The maximum absolute atomic E-state index is 5.63. The minimum absolute atomic E-state index is 0.662. The van der Waals surface area contributed by atoms with Gasteiger partial charge in [-0.3, -0.25) is 0 Å². The van der Waals surface area contributed by atoms with E-state index in [4.69, 9.17) is 11.5 Å². The molecule has 4 N–H and O–H groups in total. The highest BCUT2D eigenvalue weighted by atomic mass is 14.7. The standard InChI is InChI=1S/C9H10N2/c10-8-4-3-7(5-9(8)11)6-1-2-6/h1,3-5H,2,10-11H2. The number of allylic oxidation sites excluding steroid dienone is 2. The van der Waals surface area contributed by atoms with Crippen molar-refractivity contribution < 1.29 is 0 Å². The van der Waals surface area contributed by atoms with Crippen LogP contribution in [0.2, 0.25) is 0 Å². The SMILES string of the molecule is Nc1ccc(C2=CC2)cc1N. The molecule has 1 aliphatic rings. The first-order valence-electron chi connectivity index (χ1n) is 3.62. The molecule has 1 aromatic carbocycles. The summed E-state index contributed by atoms with van der Waals surface area (Å²) in [5.41, 5.74) is 15.1. The summed E-state index contributed by atoms with van der Waals surface area (Å²) in [7, 11) is 0. The molecular weight excluding hydrogens is 136 g/mol. The van der Waals surface area contributed by atoms with E-state index in [1.54, 1.807) is 0 Å². The first kappa shape index (κ1) is 6.28. The topological polar surface area (TPSA) is 52.0 Å². The molecule has 0 aliphatic heterocycles. The van der Waals surface area contributed by atoms with E-state index in [9.17, 15) is 0 Å². The lowest BCUT2D eigenvalue weighted by molar-refractivity contribution is 1.58. The molecule has 0 atom stereocenters. The quantitative estimate of drug-likeness (QED) is 0.592. The zero-order valence-electron chi connectivity index (χ0n) is 6.17. The first-order chi connectivity index (χ1) is 5.27. The van der Waals surface area contributed by atoms with Crippen molar-refractivity contribution in [3.8, 4) is 0 Å². The van der Waals surface area contributed by atoms with Crippen molar-refractivity contribution in [1.82, 2.24) is 0 Å². The first-order valence-corrected chi connectivity index (χ1v) is 3.62. The fourth-order valence-electron chi connectivity index (χ4n) is 1.06. The van der Waals surface area contributed by atoms with Crippen LogP contribution in [0.3, 0.4) is 0 Å². The lowest BCUT2D eigenvalue weighted by Crippen LogP contribution is -1.94. The van der Waals surface area contributed by atoms with Gasteiger partial charge in [0.05, 0.1) is 11.4 Å². The van der Waals surface area contributed by atoms with E-state index in [1.165, 1.54) is 11.1 Å². The van der Waals surface area contributed by atoms with Crippen LogP contribution < -0.4 is 11.5 Å². The van der Waals surface area contributed by atoms with Gasteiger partial charge < -0.3 is 11.5 Å². The maximum Gasteiger partial charge on any atom is 0.0553 e. The molecule has 2 nitrogen and oxygen atoms in total. The molecule has 1 aromatic rings. The Kier molecular flexibility index (Phi) is 1.15. The Morgan fingerprint density at radius 2 is 1.82 bits per heavy atom. The smallest absolute Gasteiger partial charge is 0.0553 e. The monoisotopic (exact) mass is 146 g/mol. The van der Waals surface area contributed by atoms with Crippen LogP contribution in [0.1, 0.15) is 12.0 Å². The Bertz CT molecular complexity index is 326. The molecule has 2 heteroatoms. The number of nitrogen functional groups attached to an aromatic ring is 2. The van der Waals surface area contributed by atoms with Crippen molar-refractivity contribution in [2.45, 2.75) is 6.42 Å². The maximum atomic E-state index is 5.63. The highest BCUT2D eigenvalue weighted by Gasteiger charge is 2.10. The van der Waals surface area contributed by atoms with Crippen molar-refractivity contribution in [2.75, 3.05) is 11.5 Å². The molecule has 0 aromatic heterocycles. The van der Waals surface area contributed by atoms with Gasteiger partial charge in [-0.15, -0.1) is 0 Å². The fraction of sp³-hybridized carbons (Fsp3) is 0.111. The summed E-state index contributed by atoms with van der Waals surface area (Å²) in [6.45, 7) is 0. The van der Waals surface area contributed by atoms with E-state index in [0.29, 0.717) is 11.4 Å². The third-order valence-corrected chi connectivity index (χ3v) is 1.87. The van der Waals surface area contributed by atoms with Crippen LogP contribution in [-0.2, 0) is 0 Å². The van der Waals surface area contributed by atoms with Crippen LogP contribution >= 0.6 is 0 Å². The molecule has 0 radical (unpaired) electrons. The molecular formula is C9H10N2. The lowest BCUT2D eigenvalue weighted by atomic mass is 10.1. The number of rotatable bonds is 1. The third-order valence-electron chi connectivity index (χ3n) is 1.87. The van der Waals surface area contributed by atoms with Crippen LogP contribution in [0.5, 0.6) is 0 Å². The van der Waals surface area contributed by atoms with Crippen LogP contribution in [0.15, 0.2) is 24.3 Å². The Morgan fingerprint density at radius 3 is 2.36 bits per heavy atom. The van der Waals surface area contributed by atoms with Gasteiger partial charge in [0.1, 0.15) is 0 Å². The zero-order chi connectivity index (χ0) is 7.84. The summed E-state index contributed by atoms with van der Waals surface area (Å²) in [6, 6.07) is 5.78. The van der Waals surface area contributed by atoms with Crippen LogP contribution in [0.4, 0.5) is 11.4 Å². The summed E-state index contributed by atoms with van der Waals surface area (Å²) in [6.07, 6.45) is 3.27. The van der Waals surface area contributed by atoms with Gasteiger partial charge in [0.25, 0.3) is 0 Å². The Morgan fingerprint density at radius 1 is 1.09 bits per heavy atom. The Hall–Kier alpha value is -1.44. The Balaban J connectivity index is 2.44. The molecule has 0 spiro atoms. The van der Waals surface area contributed by atoms with Gasteiger partial charge in [0.2, 0.25) is 0 Å². The third kappa shape index (κ3) is 1.07. The minimum atomic E-state index is 0.662. The molecule has 0 saturated carbocycles. The van der Waals surface area contributed by atoms with Gasteiger partial charge in [0, 0.05) is 0 Å².